The van der Waals surface area contributed by atoms with E-state index < -0.39 is 128 Å². The first kappa shape index (κ1) is 48.5. The average molecular weight is 845 g/mol. The Labute approximate surface area is 342 Å². The average Bonchev–Trinajstić information content (AvgIpc) is 3.49. The van der Waals surface area contributed by atoms with Crippen LogP contribution in [0.4, 0.5) is 0 Å². The maximum Gasteiger partial charge on any atom is 0.330 e. The molecule has 4 rings (SSSR count). The predicted octanol–water partition coefficient (Wildman–Crippen LogP) is -1.94. The summed E-state index contributed by atoms with van der Waals surface area (Å²) in [6.45, 7) is 2.55. The molecule has 11 N–H and O–H groups in total. The molecule has 336 valence electrons. The van der Waals surface area contributed by atoms with E-state index in [9.17, 15) is 60.0 Å². The fourth-order valence-corrected chi connectivity index (χ4v) is 7.68. The molecule has 0 saturated carbocycles. The van der Waals surface area contributed by atoms with Crippen molar-refractivity contribution in [2.24, 2.45) is 0 Å². The zero-order valence-electron chi connectivity index (χ0n) is 33.7. The van der Waals surface area contributed by atoms with Gasteiger partial charge in [0.2, 0.25) is 11.8 Å². The molecule has 0 unspecified atom stereocenters. The highest BCUT2D eigenvalue weighted by atomic mass is 16.8. The molecule has 3 aliphatic heterocycles. The quantitative estimate of drug-likeness (QED) is 0.0447. The number of hydrogen-bond donors (Lipinski definition) is 11. The molecule has 20 nitrogen and oxygen atoms in total. The van der Waals surface area contributed by atoms with Crippen LogP contribution in [-0.4, -0.2) is 155 Å². The van der Waals surface area contributed by atoms with E-state index in [1.807, 2.05) is 4.98 Å². The van der Waals surface area contributed by atoms with Crippen molar-refractivity contribution in [3.63, 3.8) is 0 Å². The number of aliphatic hydroxyl groups excluding tert-OH is 8. The number of unbranched alkanes of at least 4 members (excludes halogenated alkanes) is 11. The highest BCUT2D eigenvalue weighted by Gasteiger charge is 2.53. The summed E-state index contributed by atoms with van der Waals surface area (Å²) < 4.78 is 24.1. The molecule has 0 radical (unpaired) electrons. The highest BCUT2D eigenvalue weighted by Crippen LogP contribution is 2.34. The fraction of sp³-hybridized carbons (Fsp3) is 0.795. The number of allylic oxidation sites excluding steroid dienone is 1. The lowest BCUT2D eigenvalue weighted by atomic mass is 9.91. The first-order valence-electron chi connectivity index (χ1n) is 20.7. The summed E-state index contributed by atoms with van der Waals surface area (Å²) in [4.78, 5) is 51.1. The molecule has 4 heterocycles. The summed E-state index contributed by atoms with van der Waals surface area (Å²) in [6.07, 6.45) is -5.00. The molecule has 1 aromatic heterocycles. The molecule has 20 heteroatoms. The number of aromatic nitrogens is 2. The smallest absolute Gasteiger partial charge is 0.330 e. The van der Waals surface area contributed by atoms with Gasteiger partial charge in [0.15, 0.2) is 18.8 Å². The first-order chi connectivity index (χ1) is 28.2. The number of H-pyrrole nitrogens is 1. The van der Waals surface area contributed by atoms with Crippen LogP contribution in [0.3, 0.4) is 0 Å². The second kappa shape index (κ2) is 23.8. The highest BCUT2D eigenvalue weighted by molar-refractivity contribution is 5.87. The van der Waals surface area contributed by atoms with Gasteiger partial charge < -0.3 is 70.4 Å². The van der Waals surface area contributed by atoms with Crippen LogP contribution in [-0.2, 0) is 28.5 Å². The number of aliphatic hydroxyl groups is 8. The van der Waals surface area contributed by atoms with Crippen LogP contribution in [0.2, 0.25) is 0 Å². The van der Waals surface area contributed by atoms with Crippen molar-refractivity contribution in [1.82, 2.24) is 20.2 Å². The van der Waals surface area contributed by atoms with E-state index in [4.69, 9.17) is 18.9 Å². The van der Waals surface area contributed by atoms with Gasteiger partial charge in [-0.1, -0.05) is 77.2 Å². The van der Waals surface area contributed by atoms with Crippen LogP contribution in [0.5, 0.6) is 0 Å². The molecule has 15 atom stereocenters. The number of rotatable bonds is 22. The minimum atomic E-state index is -1.85. The lowest BCUT2D eigenvalue weighted by Crippen LogP contribution is -2.68. The number of carbonyl (C=O) groups is 2. The number of aromatic amines is 1. The van der Waals surface area contributed by atoms with Crippen molar-refractivity contribution in [3.8, 4) is 0 Å². The van der Waals surface area contributed by atoms with Crippen LogP contribution in [0, 0.1) is 0 Å². The maximum absolute atomic E-state index is 13.1. The van der Waals surface area contributed by atoms with Gasteiger partial charge in [-0.05, 0) is 18.9 Å². The summed E-state index contributed by atoms with van der Waals surface area (Å²) in [5, 5.41) is 91.4. The molecular formula is C39H64N4O16. The van der Waals surface area contributed by atoms with Crippen LogP contribution in [0.15, 0.2) is 34.0 Å². The Morgan fingerprint density at radius 2 is 1.36 bits per heavy atom. The molecule has 2 amide bonds. The number of nitrogens with one attached hydrogen (secondary N) is 3. The molecule has 0 aliphatic carbocycles. The Morgan fingerprint density at radius 1 is 0.797 bits per heavy atom. The predicted molar refractivity (Wildman–Crippen MR) is 207 cm³/mol. The molecular weight excluding hydrogens is 780 g/mol. The van der Waals surface area contributed by atoms with Crippen LogP contribution >= 0.6 is 0 Å². The van der Waals surface area contributed by atoms with Gasteiger partial charge in [0.1, 0.15) is 60.9 Å². The zero-order chi connectivity index (χ0) is 43.2. The van der Waals surface area contributed by atoms with E-state index in [0.717, 1.165) is 49.4 Å². The lowest BCUT2D eigenvalue weighted by Gasteiger charge is -2.47. The molecule has 0 aromatic carbocycles. The van der Waals surface area contributed by atoms with E-state index in [1.165, 1.54) is 51.0 Å². The number of carbonyl (C=O) groups excluding carboxylic acids is 2. The first-order valence-corrected chi connectivity index (χ1v) is 20.7. The minimum Gasteiger partial charge on any atom is -0.394 e. The van der Waals surface area contributed by atoms with Gasteiger partial charge >= 0.3 is 5.69 Å². The Morgan fingerprint density at radius 3 is 1.93 bits per heavy atom. The third kappa shape index (κ3) is 13.4. The molecule has 1 aromatic rings. The van der Waals surface area contributed by atoms with Crippen LogP contribution in [0.1, 0.15) is 104 Å². The van der Waals surface area contributed by atoms with Crippen LogP contribution in [0.25, 0.3) is 0 Å². The molecule has 3 saturated heterocycles. The third-order valence-electron chi connectivity index (χ3n) is 11.0. The van der Waals surface area contributed by atoms with Crippen molar-refractivity contribution < 1.29 is 69.4 Å². The summed E-state index contributed by atoms with van der Waals surface area (Å²) in [5.74, 6) is -1.35. The second-order valence-corrected chi connectivity index (χ2v) is 15.6. The Balaban J connectivity index is 1.44. The van der Waals surface area contributed by atoms with Gasteiger partial charge in [-0.3, -0.25) is 23.9 Å². The van der Waals surface area contributed by atoms with E-state index >= 15 is 0 Å². The molecule has 3 fully saturated rings. The molecule has 0 bridgehead atoms. The standard InChI is InChI=1S/C39H64N4O16/c1-3-4-5-6-7-8-9-10-11-12-13-14-15-16-25(47)41-28-32(52)29(49)23(56-38(28)59-37-27(40-21(2)45)31(51)30(50)24(20-44)57-37)19-22(46)35-33(53)34(54)36(58-35)43-18-17-26(48)42-39(43)55/h15-18,22-24,27-38,44,46,49-54H,3-14,19-20H2,1-2H3,(H,40,45)(H,41,47)(H,42,48,55)/b16-15+/t22-,23-,24-,27-,28-,29+,30-,31-,32-,33+,34-,35-,36-,37-,38+/m1/s1. The number of amides is 2. The van der Waals surface area contributed by atoms with E-state index in [2.05, 4.69) is 17.6 Å². The Kier molecular flexibility index (Phi) is 19.6. The monoisotopic (exact) mass is 844 g/mol. The second-order valence-electron chi connectivity index (χ2n) is 15.6. The van der Waals surface area contributed by atoms with Crippen molar-refractivity contribution >= 4 is 11.8 Å². The van der Waals surface area contributed by atoms with Gasteiger partial charge in [0, 0.05) is 25.6 Å². The Hall–Kier alpha value is -3.12. The number of ether oxygens (including phenoxy) is 4. The van der Waals surface area contributed by atoms with Crippen molar-refractivity contribution in [3.05, 3.63) is 45.3 Å². The molecule has 59 heavy (non-hydrogen) atoms. The normalized spacial score (nSPS) is 34.2. The van der Waals surface area contributed by atoms with Gasteiger partial charge in [-0.15, -0.1) is 0 Å². The summed E-state index contributed by atoms with van der Waals surface area (Å²) in [5.41, 5.74) is -1.68. The van der Waals surface area contributed by atoms with Gasteiger partial charge in [0.05, 0.1) is 18.8 Å². The van der Waals surface area contributed by atoms with Gasteiger partial charge in [0.25, 0.3) is 5.56 Å². The largest absolute Gasteiger partial charge is 0.394 e. The van der Waals surface area contributed by atoms with Crippen LogP contribution < -0.4 is 21.9 Å². The van der Waals surface area contributed by atoms with E-state index in [-0.39, 0.29) is 0 Å². The third-order valence-corrected chi connectivity index (χ3v) is 11.0. The van der Waals surface area contributed by atoms with Gasteiger partial charge in [-0.2, -0.15) is 0 Å². The van der Waals surface area contributed by atoms with Crippen molar-refractivity contribution in [1.29, 1.82) is 0 Å². The summed E-state index contributed by atoms with van der Waals surface area (Å²) in [7, 11) is 0. The molecule has 0 spiro atoms. The maximum atomic E-state index is 13.1. The van der Waals surface area contributed by atoms with Crippen molar-refractivity contribution in [2.45, 2.75) is 189 Å². The zero-order valence-corrected chi connectivity index (χ0v) is 33.7. The summed E-state index contributed by atoms with van der Waals surface area (Å²) >= 11 is 0. The molecule has 3 aliphatic rings. The fourth-order valence-electron chi connectivity index (χ4n) is 7.68. The summed E-state index contributed by atoms with van der Waals surface area (Å²) in [6, 6.07) is -2.01. The number of hydrogen-bond acceptors (Lipinski definition) is 16. The van der Waals surface area contributed by atoms with Gasteiger partial charge in [-0.25, -0.2) is 4.79 Å². The minimum absolute atomic E-state index is 0.597. The lowest BCUT2D eigenvalue weighted by molar-refractivity contribution is -0.346. The Bertz CT molecular complexity index is 1590. The van der Waals surface area contributed by atoms with Crippen molar-refractivity contribution in [2.75, 3.05) is 6.61 Å². The topological polar surface area (TPSA) is 312 Å². The van der Waals surface area contributed by atoms with E-state index in [1.54, 1.807) is 6.08 Å². The number of nitrogens with zero attached hydrogens (tertiary/aromatic N) is 1. The SMILES string of the molecule is CCCCCCCCCCCCC/C=C/C(=O)N[C@H]1[C@H](O[C@H]2O[C@H](CO)[C@@H](O)[C@H](O)[C@H]2NC(C)=O)O[C@H](C[C@@H](O)[C@H]2O[C@@H](n3ccc(=O)[nH]c3=O)[C@H](O)[C@@H]2O)[C@H](O)[C@@H]1O. The van der Waals surface area contributed by atoms with E-state index in [0.29, 0.717) is 6.42 Å².